The molecule has 0 aromatic heterocycles. The number of rotatable bonds is 7. The van der Waals surface area contributed by atoms with Gasteiger partial charge in [0, 0.05) is 0 Å². The van der Waals surface area contributed by atoms with Gasteiger partial charge >= 0.3 is 5.97 Å². The van der Waals surface area contributed by atoms with Gasteiger partial charge in [-0.15, -0.1) is 0 Å². The minimum absolute atomic E-state index is 0.0389. The molecule has 4 fully saturated rings. The lowest BCUT2D eigenvalue weighted by Crippen LogP contribution is -2.53. The summed E-state index contributed by atoms with van der Waals surface area (Å²) < 4.78 is 30.8. The molecule has 0 radical (unpaired) electrons. The number of carboxylic acid groups (broad SMARTS) is 1. The topological polar surface area (TPSA) is 91.7 Å². The smallest absolute Gasteiger partial charge is 0.327 e. The van der Waals surface area contributed by atoms with E-state index in [1.54, 1.807) is 0 Å². The number of fused-ring (bicyclic) bond motifs is 5. The van der Waals surface area contributed by atoms with Crippen LogP contribution in [0.1, 0.15) is 111 Å². The van der Waals surface area contributed by atoms with Crippen molar-refractivity contribution < 1.29 is 22.9 Å². The van der Waals surface area contributed by atoms with E-state index >= 15 is 0 Å². The Morgan fingerprint density at radius 1 is 1.00 bits per heavy atom. The molecule has 0 aliphatic heterocycles. The standard InChI is InChI=1S/C27H46O5S/c1-18(8-7-16-27(4,24(28)29)33(30,31)32)21-12-13-22-20-11-10-19-9-5-6-15-25(19,2)23(20)14-17-26(21,22)3/h18-23H,5-17H2,1-4H3,(H,28,29)(H,30,31,32)/t18-,19?,20+,21-,22+,23+,25+,26-,27?/m1/s1. The molecule has 4 saturated carbocycles. The molecule has 9 atom stereocenters. The van der Waals surface area contributed by atoms with E-state index in [2.05, 4.69) is 20.8 Å². The third-order valence-corrected chi connectivity index (χ3v) is 13.2. The van der Waals surface area contributed by atoms with Crippen LogP contribution >= 0.6 is 0 Å². The van der Waals surface area contributed by atoms with E-state index in [0.29, 0.717) is 29.1 Å². The van der Waals surface area contributed by atoms with Gasteiger partial charge in [0.2, 0.25) is 0 Å². The highest BCUT2D eigenvalue weighted by Crippen LogP contribution is 2.68. The summed E-state index contributed by atoms with van der Waals surface area (Å²) >= 11 is 0. The van der Waals surface area contributed by atoms with Gasteiger partial charge in [-0.05, 0) is 111 Å². The molecule has 190 valence electrons. The average Bonchev–Trinajstić information content (AvgIpc) is 3.09. The summed E-state index contributed by atoms with van der Waals surface area (Å²) in [5.41, 5.74) is 0.918. The second-order valence-electron chi connectivity index (χ2n) is 13.0. The molecule has 0 spiro atoms. The summed E-state index contributed by atoms with van der Waals surface area (Å²) in [6.45, 7) is 8.58. The summed E-state index contributed by atoms with van der Waals surface area (Å²) in [7, 11) is -4.64. The first-order valence-electron chi connectivity index (χ1n) is 13.5. The van der Waals surface area contributed by atoms with Crippen molar-refractivity contribution in [3.8, 4) is 0 Å². The van der Waals surface area contributed by atoms with Gasteiger partial charge in [-0.1, -0.05) is 46.5 Å². The molecule has 4 aliphatic carbocycles. The first kappa shape index (κ1) is 25.5. The summed E-state index contributed by atoms with van der Waals surface area (Å²) in [5, 5.41) is 9.41. The van der Waals surface area contributed by atoms with Crippen LogP contribution < -0.4 is 0 Å². The second-order valence-corrected chi connectivity index (χ2v) is 14.9. The van der Waals surface area contributed by atoms with Crippen molar-refractivity contribution in [3.05, 3.63) is 0 Å². The van der Waals surface area contributed by atoms with Crippen LogP contribution in [-0.2, 0) is 14.9 Å². The lowest BCUT2D eigenvalue weighted by atomic mass is 9.44. The van der Waals surface area contributed by atoms with Crippen molar-refractivity contribution in [1.29, 1.82) is 0 Å². The Bertz CT molecular complexity index is 855. The Kier molecular flexibility index (Phi) is 6.79. The van der Waals surface area contributed by atoms with E-state index in [1.165, 1.54) is 64.2 Å². The van der Waals surface area contributed by atoms with E-state index in [0.717, 1.165) is 37.0 Å². The molecule has 0 saturated heterocycles. The third kappa shape index (κ3) is 4.09. The summed E-state index contributed by atoms with van der Waals surface area (Å²) in [6.07, 6.45) is 15.1. The zero-order valence-corrected chi connectivity index (χ0v) is 22.0. The fraction of sp³-hybridized carbons (Fsp3) is 0.963. The maximum absolute atomic E-state index is 11.7. The van der Waals surface area contributed by atoms with Gasteiger partial charge in [0.1, 0.15) is 0 Å². The largest absolute Gasteiger partial charge is 0.480 e. The first-order chi connectivity index (χ1) is 15.3. The maximum atomic E-state index is 11.7. The van der Waals surface area contributed by atoms with Gasteiger partial charge in [0.25, 0.3) is 10.1 Å². The molecular formula is C27H46O5S. The average molecular weight is 483 g/mol. The first-order valence-corrected chi connectivity index (χ1v) is 15.0. The molecule has 0 bridgehead atoms. The second kappa shape index (κ2) is 8.80. The Labute approximate surface area is 201 Å². The number of hydrogen-bond acceptors (Lipinski definition) is 3. The minimum Gasteiger partial charge on any atom is -0.480 e. The van der Waals surface area contributed by atoms with Gasteiger partial charge in [-0.3, -0.25) is 9.35 Å². The molecule has 33 heavy (non-hydrogen) atoms. The number of aliphatic carboxylic acids is 1. The van der Waals surface area contributed by atoms with Crippen LogP contribution in [0.5, 0.6) is 0 Å². The van der Waals surface area contributed by atoms with E-state index in [9.17, 15) is 22.9 Å². The molecular weight excluding hydrogens is 436 g/mol. The monoisotopic (exact) mass is 482 g/mol. The lowest BCUT2D eigenvalue weighted by molar-refractivity contribution is -0.140. The van der Waals surface area contributed by atoms with Crippen LogP contribution in [-0.4, -0.2) is 28.8 Å². The molecule has 4 rings (SSSR count). The molecule has 2 N–H and O–H groups in total. The molecule has 6 heteroatoms. The van der Waals surface area contributed by atoms with Gasteiger partial charge in [-0.25, -0.2) is 0 Å². The van der Waals surface area contributed by atoms with Crippen LogP contribution in [0.25, 0.3) is 0 Å². The summed E-state index contributed by atoms with van der Waals surface area (Å²) in [4.78, 5) is 11.6. The summed E-state index contributed by atoms with van der Waals surface area (Å²) in [6, 6.07) is 0. The molecule has 5 nitrogen and oxygen atoms in total. The van der Waals surface area contributed by atoms with Gasteiger partial charge in [0.05, 0.1) is 0 Å². The molecule has 0 amide bonds. The zero-order valence-electron chi connectivity index (χ0n) is 21.2. The molecule has 2 unspecified atom stereocenters. The van der Waals surface area contributed by atoms with Crippen molar-refractivity contribution in [1.82, 2.24) is 0 Å². The van der Waals surface area contributed by atoms with Gasteiger partial charge in [-0.2, -0.15) is 8.42 Å². The van der Waals surface area contributed by atoms with Crippen molar-refractivity contribution in [2.24, 2.45) is 46.3 Å². The van der Waals surface area contributed by atoms with Gasteiger partial charge < -0.3 is 5.11 Å². The Morgan fingerprint density at radius 2 is 1.70 bits per heavy atom. The van der Waals surface area contributed by atoms with Crippen LogP contribution in [0.3, 0.4) is 0 Å². The van der Waals surface area contributed by atoms with E-state index in [4.69, 9.17) is 0 Å². The highest BCUT2D eigenvalue weighted by molar-refractivity contribution is 7.88. The highest BCUT2D eigenvalue weighted by Gasteiger charge is 2.60. The van der Waals surface area contributed by atoms with Crippen LogP contribution in [0.15, 0.2) is 0 Å². The maximum Gasteiger partial charge on any atom is 0.327 e. The van der Waals surface area contributed by atoms with Crippen LogP contribution in [0.4, 0.5) is 0 Å². The fourth-order valence-corrected chi connectivity index (χ4v) is 10.2. The normalized spacial score (nSPS) is 43.6. The number of carbonyl (C=O) groups is 1. The van der Waals surface area contributed by atoms with Crippen molar-refractivity contribution in [2.45, 2.75) is 116 Å². The quantitative estimate of drug-likeness (QED) is 0.400. The Balaban J connectivity index is 1.42. The molecule has 4 aliphatic rings. The van der Waals surface area contributed by atoms with E-state index < -0.39 is 20.8 Å². The molecule has 0 aromatic carbocycles. The Hall–Kier alpha value is -0.620. The molecule has 0 heterocycles. The molecule has 0 aromatic rings. The number of hydrogen-bond donors (Lipinski definition) is 2. The van der Waals surface area contributed by atoms with Crippen molar-refractivity contribution in [3.63, 3.8) is 0 Å². The Morgan fingerprint density at radius 3 is 2.36 bits per heavy atom. The van der Waals surface area contributed by atoms with Crippen molar-refractivity contribution in [2.75, 3.05) is 0 Å². The zero-order chi connectivity index (χ0) is 24.2. The third-order valence-electron chi connectivity index (χ3n) is 11.7. The predicted octanol–water partition coefficient (Wildman–Crippen LogP) is 6.57. The van der Waals surface area contributed by atoms with Gasteiger partial charge in [0.15, 0.2) is 4.75 Å². The van der Waals surface area contributed by atoms with E-state index in [-0.39, 0.29) is 6.42 Å². The van der Waals surface area contributed by atoms with Crippen molar-refractivity contribution >= 4 is 16.1 Å². The summed E-state index contributed by atoms with van der Waals surface area (Å²) in [5.74, 6) is 3.13. The predicted molar refractivity (Wildman–Crippen MR) is 130 cm³/mol. The lowest BCUT2D eigenvalue weighted by Gasteiger charge is -2.61. The minimum atomic E-state index is -4.64. The SMILES string of the molecule is C[C@H](CCCC(C)(C(=O)O)S(=O)(=O)O)[C@H]1CC[C@H]2[C@@H]3CCC4CCCC[C@]4(C)[C@H]3CC[C@]12C. The van der Waals surface area contributed by atoms with E-state index in [1.807, 2.05) is 0 Å². The number of carboxylic acids is 1. The van der Waals surface area contributed by atoms with Crippen LogP contribution in [0, 0.1) is 46.3 Å². The van der Waals surface area contributed by atoms with Crippen LogP contribution in [0.2, 0.25) is 0 Å². The fourth-order valence-electron chi connectivity index (χ4n) is 9.58. The highest BCUT2D eigenvalue weighted by atomic mass is 32.2.